The van der Waals surface area contributed by atoms with E-state index >= 15 is 0 Å². The van der Waals surface area contributed by atoms with Crippen molar-refractivity contribution in [3.63, 3.8) is 0 Å². The number of alkyl halides is 1. The highest BCUT2D eigenvalue weighted by Gasteiger charge is 2.15. The van der Waals surface area contributed by atoms with Crippen LogP contribution in [0.3, 0.4) is 0 Å². The maximum Gasteiger partial charge on any atom is 0.0421 e. The van der Waals surface area contributed by atoms with E-state index in [-0.39, 0.29) is 18.4 Å². The number of rotatable bonds is 12. The van der Waals surface area contributed by atoms with E-state index in [2.05, 4.69) is 47.1 Å². The molecular weight excluding hydrogens is 358 g/mol. The molecule has 0 aliphatic carbocycles. The zero-order chi connectivity index (χ0) is 15.3. The first kappa shape index (κ1) is 21.9. The molecule has 1 aromatic rings. The summed E-state index contributed by atoms with van der Waals surface area (Å²) in [7, 11) is 0. The zero-order valence-corrected chi connectivity index (χ0v) is 16.4. The summed E-state index contributed by atoms with van der Waals surface area (Å²) < 4.78 is 0. The summed E-state index contributed by atoms with van der Waals surface area (Å²) in [4.78, 5) is 0.393. The summed E-state index contributed by atoms with van der Waals surface area (Å²) >= 11 is 3.77. The smallest absolute Gasteiger partial charge is 0.0421 e. The second kappa shape index (κ2) is 14.5. The Morgan fingerprint density at radius 2 is 1.36 bits per heavy atom. The van der Waals surface area contributed by atoms with E-state index in [0.29, 0.717) is 4.83 Å². The second-order valence-electron chi connectivity index (χ2n) is 6.07. The van der Waals surface area contributed by atoms with Crippen molar-refractivity contribution in [2.75, 3.05) is 0 Å². The molecule has 0 saturated carbocycles. The predicted molar refractivity (Wildman–Crippen MR) is 105 cm³/mol. The molecule has 0 radical (unpaired) electrons. The van der Waals surface area contributed by atoms with E-state index in [9.17, 15) is 0 Å². The highest BCUT2D eigenvalue weighted by Crippen LogP contribution is 2.24. The van der Waals surface area contributed by atoms with Crippen molar-refractivity contribution in [2.24, 2.45) is 5.73 Å². The van der Waals surface area contributed by atoms with E-state index in [1.54, 1.807) is 0 Å². The molecule has 0 spiro atoms. The molecule has 0 aromatic heterocycles. The van der Waals surface area contributed by atoms with Gasteiger partial charge in [0, 0.05) is 10.9 Å². The summed E-state index contributed by atoms with van der Waals surface area (Å²) in [5.41, 5.74) is 7.53. The van der Waals surface area contributed by atoms with Gasteiger partial charge in [-0.25, -0.2) is 0 Å². The predicted octanol–water partition coefficient (Wildman–Crippen LogP) is 6.79. The van der Waals surface area contributed by atoms with Gasteiger partial charge in [-0.1, -0.05) is 111 Å². The Bertz CT molecular complexity index is 345. The van der Waals surface area contributed by atoms with Crippen LogP contribution >= 0.6 is 28.3 Å². The Balaban J connectivity index is 0.00000441. The van der Waals surface area contributed by atoms with Crippen LogP contribution in [0.25, 0.3) is 0 Å². The first-order valence-electron chi connectivity index (χ1n) is 8.70. The third-order valence-electron chi connectivity index (χ3n) is 4.16. The highest BCUT2D eigenvalue weighted by atomic mass is 79.9. The average molecular weight is 391 g/mol. The summed E-state index contributed by atoms with van der Waals surface area (Å²) in [6.07, 6.45) is 13.6. The SMILES string of the molecule is CCCCCCCCCCCC(Br)C(N)c1ccccc1.Cl. The molecule has 3 heteroatoms. The summed E-state index contributed by atoms with van der Waals surface area (Å²) in [6, 6.07) is 10.5. The monoisotopic (exact) mass is 389 g/mol. The number of unbranched alkanes of at least 4 members (excludes halogenated alkanes) is 8. The Morgan fingerprint density at radius 3 is 1.91 bits per heavy atom. The van der Waals surface area contributed by atoms with Gasteiger partial charge in [0.15, 0.2) is 0 Å². The van der Waals surface area contributed by atoms with Crippen LogP contribution in [-0.4, -0.2) is 4.83 Å². The molecule has 22 heavy (non-hydrogen) atoms. The number of nitrogens with two attached hydrogens (primary N) is 1. The number of hydrogen-bond acceptors (Lipinski definition) is 1. The van der Waals surface area contributed by atoms with Crippen molar-refractivity contribution in [2.45, 2.75) is 82.0 Å². The third-order valence-corrected chi connectivity index (χ3v) is 5.18. The molecule has 1 rings (SSSR count). The number of benzene rings is 1. The van der Waals surface area contributed by atoms with E-state index in [1.165, 1.54) is 69.8 Å². The number of halogens is 2. The molecule has 1 aromatic carbocycles. The minimum Gasteiger partial charge on any atom is -0.323 e. The van der Waals surface area contributed by atoms with Crippen LogP contribution in [0.15, 0.2) is 30.3 Å². The Labute approximate surface area is 152 Å². The molecule has 0 saturated heterocycles. The van der Waals surface area contributed by atoms with E-state index in [1.807, 2.05) is 6.07 Å². The van der Waals surface area contributed by atoms with Gasteiger partial charge in [0.1, 0.15) is 0 Å². The van der Waals surface area contributed by atoms with Gasteiger partial charge in [-0.2, -0.15) is 0 Å². The molecule has 0 bridgehead atoms. The number of hydrogen-bond donors (Lipinski definition) is 1. The molecule has 2 unspecified atom stereocenters. The summed E-state index contributed by atoms with van der Waals surface area (Å²) in [5, 5.41) is 0. The first-order chi connectivity index (χ1) is 10.3. The van der Waals surface area contributed by atoms with Crippen molar-refractivity contribution in [3.8, 4) is 0 Å². The van der Waals surface area contributed by atoms with Crippen molar-refractivity contribution >= 4 is 28.3 Å². The molecule has 0 heterocycles. The van der Waals surface area contributed by atoms with Crippen LogP contribution < -0.4 is 5.73 Å². The van der Waals surface area contributed by atoms with Gasteiger partial charge in [0.2, 0.25) is 0 Å². The lowest BCUT2D eigenvalue weighted by atomic mass is 10.00. The lowest BCUT2D eigenvalue weighted by molar-refractivity contribution is 0.539. The summed E-state index contributed by atoms with van der Waals surface area (Å²) in [6.45, 7) is 2.27. The van der Waals surface area contributed by atoms with Crippen LogP contribution in [-0.2, 0) is 0 Å². The van der Waals surface area contributed by atoms with Gasteiger partial charge in [0.05, 0.1) is 0 Å². The average Bonchev–Trinajstić information content (AvgIpc) is 2.53. The quantitative estimate of drug-likeness (QED) is 0.308. The fraction of sp³-hybridized carbons (Fsp3) is 0.684. The molecule has 2 N–H and O–H groups in total. The van der Waals surface area contributed by atoms with Crippen molar-refractivity contribution in [3.05, 3.63) is 35.9 Å². The van der Waals surface area contributed by atoms with E-state index in [4.69, 9.17) is 5.73 Å². The maximum absolute atomic E-state index is 6.30. The third kappa shape index (κ3) is 9.86. The minimum absolute atomic E-state index is 0. The zero-order valence-electron chi connectivity index (χ0n) is 14.0. The van der Waals surface area contributed by atoms with Crippen LogP contribution in [0.4, 0.5) is 0 Å². The molecule has 0 aliphatic rings. The molecule has 0 aliphatic heterocycles. The van der Waals surface area contributed by atoms with Gasteiger partial charge in [0.25, 0.3) is 0 Å². The van der Waals surface area contributed by atoms with Gasteiger partial charge in [-0.15, -0.1) is 12.4 Å². The fourth-order valence-electron chi connectivity index (χ4n) is 2.71. The fourth-order valence-corrected chi connectivity index (χ4v) is 3.34. The van der Waals surface area contributed by atoms with E-state index in [0.717, 1.165) is 0 Å². The molecule has 1 nitrogen and oxygen atoms in total. The van der Waals surface area contributed by atoms with Crippen molar-refractivity contribution in [1.82, 2.24) is 0 Å². The topological polar surface area (TPSA) is 26.0 Å². The Hall–Kier alpha value is -0.0500. The molecular formula is C19H33BrClN. The molecule has 2 atom stereocenters. The van der Waals surface area contributed by atoms with Gasteiger partial charge in [-0.05, 0) is 12.0 Å². The van der Waals surface area contributed by atoms with Crippen LogP contribution in [0.1, 0.15) is 82.7 Å². The standard InChI is InChI=1S/C19H32BrN.ClH/c1-2-3-4-5-6-7-8-9-13-16-18(20)19(21)17-14-11-10-12-15-17;/h10-12,14-15,18-19H,2-9,13,16,21H2,1H3;1H. The van der Waals surface area contributed by atoms with Crippen LogP contribution in [0, 0.1) is 0 Å². The first-order valence-corrected chi connectivity index (χ1v) is 9.62. The Kier molecular flexibility index (Phi) is 14.5. The van der Waals surface area contributed by atoms with Gasteiger partial charge in [-0.3, -0.25) is 0 Å². The minimum atomic E-state index is 0. The summed E-state index contributed by atoms with van der Waals surface area (Å²) in [5.74, 6) is 0. The molecule has 128 valence electrons. The maximum atomic E-state index is 6.30. The van der Waals surface area contributed by atoms with Gasteiger partial charge < -0.3 is 5.73 Å². The van der Waals surface area contributed by atoms with Crippen LogP contribution in [0.5, 0.6) is 0 Å². The normalized spacial score (nSPS) is 13.4. The lowest BCUT2D eigenvalue weighted by Gasteiger charge is -2.18. The molecule has 0 fully saturated rings. The second-order valence-corrected chi connectivity index (χ2v) is 7.25. The van der Waals surface area contributed by atoms with Crippen LogP contribution in [0.2, 0.25) is 0 Å². The van der Waals surface area contributed by atoms with E-state index < -0.39 is 0 Å². The van der Waals surface area contributed by atoms with Crippen molar-refractivity contribution < 1.29 is 0 Å². The highest BCUT2D eigenvalue weighted by molar-refractivity contribution is 9.09. The molecule has 0 amide bonds. The largest absolute Gasteiger partial charge is 0.323 e. The van der Waals surface area contributed by atoms with Crippen molar-refractivity contribution in [1.29, 1.82) is 0 Å². The van der Waals surface area contributed by atoms with Gasteiger partial charge >= 0.3 is 0 Å². The Morgan fingerprint density at radius 1 is 0.864 bits per heavy atom. The lowest BCUT2D eigenvalue weighted by Crippen LogP contribution is -2.21.